The fourth-order valence-electron chi connectivity index (χ4n) is 1.61. The second kappa shape index (κ2) is 5.39. The molecule has 0 fully saturated rings. The van der Waals surface area contributed by atoms with E-state index in [-0.39, 0.29) is 11.7 Å². The predicted octanol–water partition coefficient (Wildman–Crippen LogP) is 2.45. The Morgan fingerprint density at radius 2 is 2.16 bits per heavy atom. The molecule has 2 rings (SSSR count). The van der Waals surface area contributed by atoms with Crippen LogP contribution in [0.15, 0.2) is 46.1 Å². The van der Waals surface area contributed by atoms with E-state index in [2.05, 4.69) is 10.5 Å². The second-order valence-corrected chi connectivity index (χ2v) is 4.08. The highest BCUT2D eigenvalue weighted by atomic mass is 16.3. The van der Waals surface area contributed by atoms with Gasteiger partial charge in [-0.3, -0.25) is 4.79 Å². The quantitative estimate of drug-likeness (QED) is 0.656. The Kier molecular flexibility index (Phi) is 3.66. The summed E-state index contributed by atoms with van der Waals surface area (Å²) in [7, 11) is 0. The zero-order chi connectivity index (χ0) is 13.8. The molecule has 0 aliphatic heterocycles. The van der Waals surface area contributed by atoms with Crippen LogP contribution in [0.5, 0.6) is 5.75 Å². The number of hydrogen-bond acceptors (Lipinski definition) is 4. The Bertz CT molecular complexity index is 629. The molecule has 5 heteroatoms. The molecule has 2 aromatic rings. The molecule has 1 heterocycles. The summed E-state index contributed by atoms with van der Waals surface area (Å²) in [5, 5.41) is 13.4. The van der Waals surface area contributed by atoms with Gasteiger partial charge in [0.2, 0.25) is 0 Å². The molecule has 0 atom stereocenters. The highest BCUT2D eigenvalue weighted by Crippen LogP contribution is 2.12. The zero-order valence-corrected chi connectivity index (χ0v) is 10.7. The van der Waals surface area contributed by atoms with Gasteiger partial charge in [-0.25, -0.2) is 5.43 Å². The minimum atomic E-state index is -0.328. The molecule has 0 saturated carbocycles. The predicted molar refractivity (Wildman–Crippen MR) is 71.2 cm³/mol. The van der Waals surface area contributed by atoms with Crippen molar-refractivity contribution in [1.82, 2.24) is 5.43 Å². The zero-order valence-electron chi connectivity index (χ0n) is 10.7. The number of carbonyl (C=O) groups excluding carboxylic acids is 1. The Labute approximate surface area is 110 Å². The number of furan rings is 1. The number of phenols is 1. The van der Waals surface area contributed by atoms with Crippen LogP contribution >= 0.6 is 0 Å². The van der Waals surface area contributed by atoms with E-state index in [9.17, 15) is 9.90 Å². The van der Waals surface area contributed by atoms with E-state index in [1.165, 1.54) is 6.26 Å². The molecule has 5 nitrogen and oxygen atoms in total. The first-order chi connectivity index (χ1) is 9.08. The first-order valence-corrected chi connectivity index (χ1v) is 5.76. The molecular formula is C14H14N2O3. The van der Waals surface area contributed by atoms with Crippen LogP contribution in [0.25, 0.3) is 0 Å². The number of aromatic hydroxyl groups is 1. The Balaban J connectivity index is 2.11. The lowest BCUT2D eigenvalue weighted by molar-refractivity contribution is 0.0953. The number of carbonyl (C=O) groups is 1. The molecule has 98 valence electrons. The average Bonchev–Trinajstić information content (AvgIpc) is 2.82. The third kappa shape index (κ3) is 3.01. The van der Waals surface area contributed by atoms with Crippen LogP contribution in [0.4, 0.5) is 0 Å². The lowest BCUT2D eigenvalue weighted by atomic mass is 10.1. The molecular weight excluding hydrogens is 244 g/mol. The van der Waals surface area contributed by atoms with E-state index in [0.717, 1.165) is 5.56 Å². The maximum absolute atomic E-state index is 11.8. The number of nitrogens with one attached hydrogen (secondary N) is 1. The van der Waals surface area contributed by atoms with Gasteiger partial charge < -0.3 is 9.52 Å². The molecule has 2 N–H and O–H groups in total. The van der Waals surface area contributed by atoms with E-state index < -0.39 is 0 Å². The molecule has 1 amide bonds. The highest BCUT2D eigenvalue weighted by molar-refractivity contribution is 6.01. The summed E-state index contributed by atoms with van der Waals surface area (Å²) in [4.78, 5) is 11.8. The lowest BCUT2D eigenvalue weighted by Crippen LogP contribution is -2.19. The highest BCUT2D eigenvalue weighted by Gasteiger charge is 2.10. The van der Waals surface area contributed by atoms with Crippen molar-refractivity contribution < 1.29 is 14.3 Å². The SMILES string of the molecule is C/C(=N/NC(=O)c1ccoc1C)c1cccc(O)c1. The van der Waals surface area contributed by atoms with Crippen LogP contribution in [-0.4, -0.2) is 16.7 Å². The summed E-state index contributed by atoms with van der Waals surface area (Å²) in [6, 6.07) is 8.25. The van der Waals surface area contributed by atoms with Gasteiger partial charge in [0.15, 0.2) is 0 Å². The monoisotopic (exact) mass is 258 g/mol. The van der Waals surface area contributed by atoms with Crippen LogP contribution < -0.4 is 5.43 Å². The van der Waals surface area contributed by atoms with E-state index in [1.54, 1.807) is 44.2 Å². The summed E-state index contributed by atoms with van der Waals surface area (Å²) >= 11 is 0. The summed E-state index contributed by atoms with van der Waals surface area (Å²) in [6.45, 7) is 3.46. The standard InChI is InChI=1S/C14H14N2O3/c1-9(11-4-3-5-12(17)8-11)15-16-14(18)13-6-7-19-10(13)2/h3-8,17H,1-2H3,(H,16,18)/b15-9-. The third-order valence-electron chi connectivity index (χ3n) is 2.69. The number of aryl methyl sites for hydroxylation is 1. The fraction of sp³-hybridized carbons (Fsp3) is 0.143. The molecule has 0 spiro atoms. The Morgan fingerprint density at radius 3 is 2.79 bits per heavy atom. The maximum Gasteiger partial charge on any atom is 0.274 e. The molecule has 1 aromatic carbocycles. The van der Waals surface area contributed by atoms with Crippen molar-refractivity contribution in [3.63, 3.8) is 0 Å². The topological polar surface area (TPSA) is 74.8 Å². The van der Waals surface area contributed by atoms with Gasteiger partial charge in [-0.1, -0.05) is 12.1 Å². The van der Waals surface area contributed by atoms with Crippen molar-refractivity contribution >= 4 is 11.6 Å². The number of hydrazone groups is 1. The van der Waals surface area contributed by atoms with Crippen molar-refractivity contribution in [3.05, 3.63) is 53.5 Å². The van der Waals surface area contributed by atoms with Gasteiger partial charge in [0.05, 0.1) is 17.5 Å². The average molecular weight is 258 g/mol. The molecule has 0 saturated heterocycles. The van der Waals surface area contributed by atoms with Crippen LogP contribution in [0.3, 0.4) is 0 Å². The molecule has 0 unspecified atom stereocenters. The number of hydrogen-bond donors (Lipinski definition) is 2. The minimum absolute atomic E-state index is 0.157. The lowest BCUT2D eigenvalue weighted by Gasteiger charge is -2.03. The molecule has 0 aliphatic carbocycles. The normalized spacial score (nSPS) is 11.4. The third-order valence-corrected chi connectivity index (χ3v) is 2.69. The minimum Gasteiger partial charge on any atom is -0.508 e. The molecule has 1 aromatic heterocycles. The van der Waals surface area contributed by atoms with Gasteiger partial charge in [0.1, 0.15) is 11.5 Å². The van der Waals surface area contributed by atoms with Crippen molar-refractivity contribution in [1.29, 1.82) is 0 Å². The van der Waals surface area contributed by atoms with E-state index in [4.69, 9.17) is 4.42 Å². The number of amides is 1. The van der Waals surface area contributed by atoms with Crippen LogP contribution in [0.1, 0.15) is 28.6 Å². The summed E-state index contributed by atoms with van der Waals surface area (Å²) in [6.07, 6.45) is 1.45. The summed E-state index contributed by atoms with van der Waals surface area (Å²) in [5.41, 5.74) is 4.24. The van der Waals surface area contributed by atoms with Crippen molar-refractivity contribution in [2.75, 3.05) is 0 Å². The van der Waals surface area contributed by atoms with Crippen molar-refractivity contribution in [2.24, 2.45) is 5.10 Å². The first kappa shape index (κ1) is 12.9. The Morgan fingerprint density at radius 1 is 1.37 bits per heavy atom. The van der Waals surface area contributed by atoms with Gasteiger partial charge in [-0.05, 0) is 32.0 Å². The number of nitrogens with zero attached hydrogens (tertiary/aromatic N) is 1. The Hall–Kier alpha value is -2.56. The van der Waals surface area contributed by atoms with E-state index >= 15 is 0 Å². The van der Waals surface area contributed by atoms with Crippen molar-refractivity contribution in [2.45, 2.75) is 13.8 Å². The van der Waals surface area contributed by atoms with Gasteiger partial charge in [-0.15, -0.1) is 0 Å². The largest absolute Gasteiger partial charge is 0.508 e. The van der Waals surface area contributed by atoms with Crippen LogP contribution in [0.2, 0.25) is 0 Å². The number of benzene rings is 1. The van der Waals surface area contributed by atoms with Gasteiger partial charge in [0, 0.05) is 5.56 Å². The molecule has 19 heavy (non-hydrogen) atoms. The van der Waals surface area contributed by atoms with Gasteiger partial charge in [-0.2, -0.15) is 5.10 Å². The number of phenolic OH excluding ortho intramolecular Hbond substituents is 1. The molecule has 0 aliphatic rings. The fourth-order valence-corrected chi connectivity index (χ4v) is 1.61. The van der Waals surface area contributed by atoms with Crippen molar-refractivity contribution in [3.8, 4) is 5.75 Å². The maximum atomic E-state index is 11.8. The molecule has 0 radical (unpaired) electrons. The van der Waals surface area contributed by atoms with Gasteiger partial charge in [0.25, 0.3) is 5.91 Å². The van der Waals surface area contributed by atoms with Gasteiger partial charge >= 0.3 is 0 Å². The van der Waals surface area contributed by atoms with E-state index in [1.807, 2.05) is 0 Å². The smallest absolute Gasteiger partial charge is 0.274 e. The molecule has 0 bridgehead atoms. The second-order valence-electron chi connectivity index (χ2n) is 4.08. The first-order valence-electron chi connectivity index (χ1n) is 5.76. The summed E-state index contributed by atoms with van der Waals surface area (Å²) in [5.74, 6) is 0.373. The summed E-state index contributed by atoms with van der Waals surface area (Å²) < 4.78 is 5.05. The van der Waals surface area contributed by atoms with E-state index in [0.29, 0.717) is 17.0 Å². The van der Waals surface area contributed by atoms with Crippen LogP contribution in [0, 0.1) is 6.92 Å². The van der Waals surface area contributed by atoms with Crippen LogP contribution in [-0.2, 0) is 0 Å². The number of rotatable bonds is 3.